The molecule has 1 amide bonds. The van der Waals surface area contributed by atoms with E-state index in [2.05, 4.69) is 5.32 Å². The summed E-state index contributed by atoms with van der Waals surface area (Å²) in [7, 11) is -3.52. The van der Waals surface area contributed by atoms with Crippen molar-refractivity contribution < 1.29 is 27.5 Å². The number of sulfonamides is 1. The maximum absolute atomic E-state index is 12.8. The van der Waals surface area contributed by atoms with Crippen LogP contribution in [0.5, 0.6) is 5.75 Å². The number of hydrogen-bond acceptors (Lipinski definition) is 6. The van der Waals surface area contributed by atoms with E-state index >= 15 is 0 Å². The maximum atomic E-state index is 12.8. The molecule has 33 heavy (non-hydrogen) atoms. The first kappa shape index (κ1) is 24.7. The Kier molecular flexibility index (Phi) is 8.85. The summed E-state index contributed by atoms with van der Waals surface area (Å²) in [6, 6.07) is 13.0. The molecule has 0 spiro atoms. The number of hydrogen-bond donors (Lipinski definition) is 1. The predicted molar refractivity (Wildman–Crippen MR) is 125 cm³/mol. The van der Waals surface area contributed by atoms with Gasteiger partial charge in [0.05, 0.1) is 17.9 Å². The highest BCUT2D eigenvalue weighted by Gasteiger charge is 2.25. The number of nitrogens with zero attached hydrogens (tertiary/aromatic N) is 1. The van der Waals surface area contributed by atoms with Gasteiger partial charge in [-0.2, -0.15) is 4.31 Å². The highest BCUT2D eigenvalue weighted by molar-refractivity contribution is 7.89. The Balaban J connectivity index is 1.49. The number of carbonyl (C=O) groups excluding carboxylic acids is 2. The van der Waals surface area contributed by atoms with Crippen LogP contribution in [0.3, 0.4) is 0 Å². The van der Waals surface area contributed by atoms with Gasteiger partial charge in [-0.1, -0.05) is 25.0 Å². The largest absolute Gasteiger partial charge is 0.484 e. The van der Waals surface area contributed by atoms with Crippen LogP contribution in [0.2, 0.25) is 0 Å². The Morgan fingerprint density at radius 1 is 0.939 bits per heavy atom. The molecule has 178 valence electrons. The molecule has 3 rings (SSSR count). The number of amides is 1. The minimum absolute atomic E-state index is 0.175. The molecule has 1 aliphatic heterocycles. The van der Waals surface area contributed by atoms with Crippen molar-refractivity contribution in [1.29, 1.82) is 0 Å². The fourth-order valence-corrected chi connectivity index (χ4v) is 5.09. The van der Waals surface area contributed by atoms with Gasteiger partial charge in [0.15, 0.2) is 6.61 Å². The molecule has 2 aromatic carbocycles. The van der Waals surface area contributed by atoms with E-state index < -0.39 is 10.0 Å². The van der Waals surface area contributed by atoms with E-state index in [1.165, 1.54) is 12.1 Å². The van der Waals surface area contributed by atoms with Crippen LogP contribution < -0.4 is 10.1 Å². The summed E-state index contributed by atoms with van der Waals surface area (Å²) in [4.78, 5) is 23.9. The van der Waals surface area contributed by atoms with Crippen molar-refractivity contribution in [2.45, 2.75) is 43.9 Å². The van der Waals surface area contributed by atoms with E-state index in [9.17, 15) is 18.0 Å². The molecule has 2 aromatic rings. The fourth-order valence-electron chi connectivity index (χ4n) is 3.57. The minimum Gasteiger partial charge on any atom is -0.484 e. The van der Waals surface area contributed by atoms with Gasteiger partial charge in [0.1, 0.15) is 5.75 Å². The molecular weight excluding hydrogens is 444 g/mol. The van der Waals surface area contributed by atoms with Crippen molar-refractivity contribution in [1.82, 2.24) is 4.31 Å². The fraction of sp³-hybridized carbons (Fsp3) is 0.417. The zero-order valence-electron chi connectivity index (χ0n) is 18.8. The van der Waals surface area contributed by atoms with Gasteiger partial charge in [0.2, 0.25) is 10.0 Å². The van der Waals surface area contributed by atoms with Crippen LogP contribution in [0.4, 0.5) is 5.69 Å². The highest BCUT2D eigenvalue weighted by atomic mass is 32.2. The van der Waals surface area contributed by atoms with E-state index in [0.29, 0.717) is 31.1 Å². The van der Waals surface area contributed by atoms with Crippen molar-refractivity contribution in [3.8, 4) is 5.75 Å². The van der Waals surface area contributed by atoms with Gasteiger partial charge in [0.25, 0.3) is 5.91 Å². The lowest BCUT2D eigenvalue weighted by Crippen LogP contribution is -2.31. The van der Waals surface area contributed by atoms with Crippen LogP contribution in [0.15, 0.2) is 53.4 Å². The van der Waals surface area contributed by atoms with Crippen molar-refractivity contribution in [3.63, 3.8) is 0 Å². The first-order chi connectivity index (χ1) is 15.9. The number of anilines is 1. The molecule has 1 fully saturated rings. The van der Waals surface area contributed by atoms with Gasteiger partial charge < -0.3 is 14.8 Å². The Morgan fingerprint density at radius 3 is 2.18 bits per heavy atom. The highest BCUT2D eigenvalue weighted by Crippen LogP contribution is 2.22. The zero-order chi connectivity index (χ0) is 23.7. The van der Waals surface area contributed by atoms with Gasteiger partial charge in [-0.25, -0.2) is 8.42 Å². The third kappa shape index (κ3) is 7.30. The quantitative estimate of drug-likeness (QED) is 0.559. The molecule has 1 N–H and O–H groups in total. The lowest BCUT2D eigenvalue weighted by atomic mass is 10.1. The lowest BCUT2D eigenvalue weighted by molar-refractivity contribution is -0.142. The van der Waals surface area contributed by atoms with Crippen molar-refractivity contribution in [2.24, 2.45) is 0 Å². The van der Waals surface area contributed by atoms with E-state index in [-0.39, 0.29) is 29.8 Å². The summed E-state index contributed by atoms with van der Waals surface area (Å²) in [5.41, 5.74) is 1.37. The normalized spacial score (nSPS) is 14.8. The van der Waals surface area contributed by atoms with Crippen molar-refractivity contribution >= 4 is 27.6 Å². The zero-order valence-corrected chi connectivity index (χ0v) is 19.6. The standard InChI is InChI=1S/C24H30N2O6S/c1-2-31-24(28)17-19-7-9-20(10-8-19)25-23(27)18-32-21-11-13-22(14-12-21)33(29,30)26-15-5-3-4-6-16-26/h7-14H,2-6,15-18H2,1H3,(H,25,27). The number of carbonyl (C=O) groups is 2. The Labute approximate surface area is 194 Å². The summed E-state index contributed by atoms with van der Waals surface area (Å²) < 4.78 is 37.6. The Hall–Kier alpha value is -2.91. The molecule has 0 radical (unpaired) electrons. The first-order valence-corrected chi connectivity index (χ1v) is 12.6. The van der Waals surface area contributed by atoms with Crippen molar-refractivity contribution in [2.75, 3.05) is 31.6 Å². The maximum Gasteiger partial charge on any atom is 0.310 e. The molecule has 0 bridgehead atoms. The number of benzene rings is 2. The number of ether oxygens (including phenoxy) is 2. The third-order valence-electron chi connectivity index (χ3n) is 5.29. The average Bonchev–Trinajstić information content (AvgIpc) is 3.10. The third-order valence-corrected chi connectivity index (χ3v) is 7.20. The smallest absolute Gasteiger partial charge is 0.310 e. The number of rotatable bonds is 9. The molecule has 0 aromatic heterocycles. The van der Waals surface area contributed by atoms with Crippen molar-refractivity contribution in [3.05, 3.63) is 54.1 Å². The monoisotopic (exact) mass is 474 g/mol. The molecule has 9 heteroatoms. The Morgan fingerprint density at radius 2 is 1.58 bits per heavy atom. The van der Waals surface area contributed by atoms with Crippen LogP contribution in [0.1, 0.15) is 38.2 Å². The van der Waals surface area contributed by atoms with E-state index in [0.717, 1.165) is 31.2 Å². The molecule has 1 aliphatic rings. The molecule has 0 unspecified atom stereocenters. The van der Waals surface area contributed by atoms with Gasteiger partial charge in [-0.05, 0) is 61.7 Å². The van der Waals surface area contributed by atoms with Gasteiger partial charge in [0, 0.05) is 18.8 Å². The van der Waals surface area contributed by atoms with Crippen LogP contribution in [-0.4, -0.2) is 50.9 Å². The molecule has 0 atom stereocenters. The summed E-state index contributed by atoms with van der Waals surface area (Å²) >= 11 is 0. The summed E-state index contributed by atoms with van der Waals surface area (Å²) in [6.07, 6.45) is 4.04. The first-order valence-electron chi connectivity index (χ1n) is 11.2. The van der Waals surface area contributed by atoms with Crippen LogP contribution in [-0.2, 0) is 30.8 Å². The second kappa shape index (κ2) is 11.8. The second-order valence-corrected chi connectivity index (χ2v) is 9.74. The second-order valence-electron chi connectivity index (χ2n) is 7.81. The van der Waals surface area contributed by atoms with Gasteiger partial charge in [-0.15, -0.1) is 0 Å². The van der Waals surface area contributed by atoms with Crippen LogP contribution >= 0.6 is 0 Å². The minimum atomic E-state index is -3.52. The predicted octanol–water partition coefficient (Wildman–Crippen LogP) is 3.37. The number of esters is 1. The molecular formula is C24H30N2O6S. The number of nitrogens with one attached hydrogen (secondary N) is 1. The molecule has 1 heterocycles. The topological polar surface area (TPSA) is 102 Å². The van der Waals surface area contributed by atoms with Gasteiger partial charge in [-0.3, -0.25) is 9.59 Å². The molecule has 8 nitrogen and oxygen atoms in total. The molecule has 0 aliphatic carbocycles. The molecule has 0 saturated carbocycles. The Bertz CT molecular complexity index is 1030. The SMILES string of the molecule is CCOC(=O)Cc1ccc(NC(=O)COc2ccc(S(=O)(=O)N3CCCCCC3)cc2)cc1. The lowest BCUT2D eigenvalue weighted by Gasteiger charge is -2.20. The summed E-state index contributed by atoms with van der Waals surface area (Å²) in [6.45, 7) is 2.97. The van der Waals surface area contributed by atoms with Crippen LogP contribution in [0.25, 0.3) is 0 Å². The van der Waals surface area contributed by atoms with Gasteiger partial charge >= 0.3 is 5.97 Å². The van der Waals surface area contributed by atoms with Crippen LogP contribution in [0, 0.1) is 0 Å². The van der Waals surface area contributed by atoms with E-state index in [4.69, 9.17) is 9.47 Å². The van der Waals surface area contributed by atoms with E-state index in [1.807, 2.05) is 0 Å². The average molecular weight is 475 g/mol. The summed E-state index contributed by atoms with van der Waals surface area (Å²) in [5.74, 6) is -0.243. The van der Waals surface area contributed by atoms with E-state index in [1.54, 1.807) is 47.6 Å². The molecule has 1 saturated heterocycles. The summed E-state index contributed by atoms with van der Waals surface area (Å²) in [5, 5.41) is 2.72.